The summed E-state index contributed by atoms with van der Waals surface area (Å²) < 4.78 is 0. The maximum absolute atomic E-state index is 12.8. The predicted octanol–water partition coefficient (Wildman–Crippen LogP) is 4.46. The van der Waals surface area contributed by atoms with Gasteiger partial charge in [-0.25, -0.2) is 9.78 Å². The highest BCUT2D eigenvalue weighted by atomic mass is 16.4. The Bertz CT molecular complexity index is 941. The molecule has 6 rings (SSSR count). The average molecular weight is 411 g/mol. The number of fused-ring (bicyclic) bond motifs is 1. The molecule has 30 heavy (non-hydrogen) atoms. The van der Waals surface area contributed by atoms with Crippen LogP contribution < -0.4 is 5.32 Å². The van der Waals surface area contributed by atoms with Crippen LogP contribution in [-0.2, 0) is 11.3 Å². The second-order valence-electron chi connectivity index (χ2n) is 9.56. The Kier molecular flexibility index (Phi) is 4.91. The number of rotatable bonds is 6. The molecular formula is C23H30N4O3. The van der Waals surface area contributed by atoms with Gasteiger partial charge in [0.1, 0.15) is 5.82 Å². The van der Waals surface area contributed by atoms with Crippen molar-refractivity contribution in [2.75, 3.05) is 11.9 Å². The summed E-state index contributed by atoms with van der Waals surface area (Å²) in [6.45, 7) is 2.42. The summed E-state index contributed by atoms with van der Waals surface area (Å²) >= 11 is 0. The minimum Gasteiger partial charge on any atom is -0.465 e. The molecule has 4 aliphatic rings. The van der Waals surface area contributed by atoms with Gasteiger partial charge in [0, 0.05) is 18.7 Å². The minimum atomic E-state index is -0.962. The number of hydrogen-bond donors (Lipinski definition) is 3. The Balaban J connectivity index is 1.24. The Labute approximate surface area is 176 Å². The molecule has 4 fully saturated rings. The van der Waals surface area contributed by atoms with E-state index in [4.69, 9.17) is 0 Å². The number of nitrogens with zero attached hydrogens (tertiary/aromatic N) is 2. The molecule has 4 saturated carbocycles. The van der Waals surface area contributed by atoms with Gasteiger partial charge < -0.3 is 20.3 Å². The molecule has 0 spiro atoms. The number of nitrogens with one attached hydrogen (secondary N) is 2. The van der Waals surface area contributed by atoms with Gasteiger partial charge in [-0.05, 0) is 86.8 Å². The van der Waals surface area contributed by atoms with E-state index in [1.165, 1.54) is 37.0 Å². The zero-order chi connectivity index (χ0) is 20.8. The summed E-state index contributed by atoms with van der Waals surface area (Å²) in [5.41, 5.74) is 2.33. The maximum Gasteiger partial charge on any atom is 0.407 e. The van der Waals surface area contributed by atoms with Crippen LogP contribution in [0, 0.1) is 29.6 Å². The number of aromatic nitrogens is 2. The highest BCUT2D eigenvalue weighted by Gasteiger charge is 2.48. The Morgan fingerprint density at radius 3 is 2.50 bits per heavy atom. The third-order valence-corrected chi connectivity index (χ3v) is 7.65. The second-order valence-corrected chi connectivity index (χ2v) is 9.56. The van der Waals surface area contributed by atoms with Gasteiger partial charge in [0.05, 0.1) is 17.6 Å². The highest BCUT2D eigenvalue weighted by Crippen LogP contribution is 2.57. The van der Waals surface area contributed by atoms with Gasteiger partial charge in [0.2, 0.25) is 5.91 Å². The van der Waals surface area contributed by atoms with Crippen LogP contribution in [-0.4, -0.2) is 38.5 Å². The smallest absolute Gasteiger partial charge is 0.407 e. The summed E-state index contributed by atoms with van der Waals surface area (Å²) in [5.74, 6) is 4.61. The number of hydrogen-bond acceptors (Lipinski definition) is 3. The third-order valence-electron chi connectivity index (χ3n) is 7.65. The fourth-order valence-corrected chi connectivity index (χ4v) is 6.51. The molecule has 4 aliphatic carbocycles. The van der Waals surface area contributed by atoms with Crippen LogP contribution >= 0.6 is 0 Å². The van der Waals surface area contributed by atoms with Gasteiger partial charge in [-0.1, -0.05) is 0 Å². The lowest BCUT2D eigenvalue weighted by atomic mass is 9.51. The first kappa shape index (κ1) is 19.4. The predicted molar refractivity (Wildman–Crippen MR) is 114 cm³/mol. The molecule has 2 aromatic rings. The monoisotopic (exact) mass is 410 g/mol. The quantitative estimate of drug-likeness (QED) is 0.655. The van der Waals surface area contributed by atoms with E-state index in [9.17, 15) is 14.7 Å². The number of benzene rings is 1. The molecule has 0 unspecified atom stereocenters. The molecule has 3 N–H and O–H groups in total. The number of carboxylic acid groups (broad SMARTS) is 1. The molecule has 0 saturated heterocycles. The zero-order valence-corrected chi connectivity index (χ0v) is 17.4. The topological polar surface area (TPSA) is 98.3 Å². The number of amides is 2. The lowest BCUT2D eigenvalue weighted by Gasteiger charge is -2.54. The Morgan fingerprint density at radius 1 is 1.17 bits per heavy atom. The Hall–Kier alpha value is -2.57. The Morgan fingerprint density at radius 2 is 1.87 bits per heavy atom. The van der Waals surface area contributed by atoms with E-state index in [1.54, 1.807) is 6.92 Å². The molecule has 7 heteroatoms. The first-order chi connectivity index (χ1) is 14.5. The molecule has 1 heterocycles. The molecule has 7 nitrogen and oxygen atoms in total. The van der Waals surface area contributed by atoms with Crippen LogP contribution in [0.3, 0.4) is 0 Å². The second kappa shape index (κ2) is 7.60. The molecular weight excluding hydrogens is 380 g/mol. The average Bonchev–Trinajstić information content (AvgIpc) is 3.10. The van der Waals surface area contributed by atoms with Crippen LogP contribution in [0.1, 0.15) is 51.3 Å². The maximum atomic E-state index is 12.8. The molecule has 0 atom stereocenters. The van der Waals surface area contributed by atoms with Gasteiger partial charge in [-0.3, -0.25) is 4.79 Å². The van der Waals surface area contributed by atoms with Crippen LogP contribution in [0.4, 0.5) is 10.5 Å². The van der Waals surface area contributed by atoms with Crippen LogP contribution in [0.15, 0.2) is 18.2 Å². The number of imidazole rings is 1. The van der Waals surface area contributed by atoms with Crippen LogP contribution in [0.25, 0.3) is 11.0 Å². The largest absolute Gasteiger partial charge is 0.465 e. The zero-order valence-electron chi connectivity index (χ0n) is 17.4. The van der Waals surface area contributed by atoms with Gasteiger partial charge in [0.25, 0.3) is 0 Å². The van der Waals surface area contributed by atoms with Gasteiger partial charge in [-0.15, -0.1) is 0 Å². The van der Waals surface area contributed by atoms with E-state index in [0.29, 0.717) is 24.7 Å². The summed E-state index contributed by atoms with van der Waals surface area (Å²) in [6, 6.07) is 5.62. The SMILES string of the molecule is CCN(Cc1nc2ccc(NC(=O)CC3C4CC5CC(C4)CC3C5)cc2[nH]1)C(=O)O. The highest BCUT2D eigenvalue weighted by molar-refractivity contribution is 5.93. The molecule has 4 bridgehead atoms. The van der Waals surface area contributed by atoms with Crippen molar-refractivity contribution in [3.8, 4) is 0 Å². The molecule has 0 aliphatic heterocycles. The molecule has 160 valence electrons. The van der Waals surface area contributed by atoms with Gasteiger partial charge in [0.15, 0.2) is 0 Å². The van der Waals surface area contributed by atoms with Crippen molar-refractivity contribution < 1.29 is 14.7 Å². The van der Waals surface area contributed by atoms with E-state index in [0.717, 1.165) is 40.4 Å². The first-order valence-electron chi connectivity index (χ1n) is 11.2. The molecule has 2 amide bonds. The van der Waals surface area contributed by atoms with Crippen molar-refractivity contribution >= 4 is 28.7 Å². The number of carbonyl (C=O) groups excluding carboxylic acids is 1. The third kappa shape index (κ3) is 3.66. The van der Waals surface area contributed by atoms with E-state index in [-0.39, 0.29) is 12.5 Å². The molecule has 1 aromatic heterocycles. The van der Waals surface area contributed by atoms with Gasteiger partial charge in [-0.2, -0.15) is 0 Å². The standard InChI is InChI=1S/C23H30N4O3/c1-2-27(23(29)30)12-21-25-19-4-3-17(10-20(19)26-21)24-22(28)11-18-15-6-13-5-14(8-15)9-16(18)7-13/h3-4,10,13-16,18H,2,5-9,11-12H2,1H3,(H,24,28)(H,25,26)(H,29,30). The van der Waals surface area contributed by atoms with Crippen molar-refractivity contribution in [2.45, 2.75) is 52.0 Å². The van der Waals surface area contributed by atoms with E-state index < -0.39 is 6.09 Å². The minimum absolute atomic E-state index is 0.106. The van der Waals surface area contributed by atoms with Crippen molar-refractivity contribution in [1.82, 2.24) is 14.9 Å². The number of carbonyl (C=O) groups is 2. The van der Waals surface area contributed by atoms with E-state index in [2.05, 4.69) is 15.3 Å². The first-order valence-corrected chi connectivity index (χ1v) is 11.2. The molecule has 0 radical (unpaired) electrons. The van der Waals surface area contributed by atoms with Crippen LogP contribution in [0.2, 0.25) is 0 Å². The lowest BCUT2D eigenvalue weighted by Crippen LogP contribution is -2.46. The number of anilines is 1. The van der Waals surface area contributed by atoms with E-state index >= 15 is 0 Å². The summed E-state index contributed by atoms with van der Waals surface area (Å²) in [5, 5.41) is 12.3. The lowest BCUT2D eigenvalue weighted by molar-refractivity contribution is -0.121. The normalized spacial score (nSPS) is 29.3. The summed E-state index contributed by atoms with van der Waals surface area (Å²) in [4.78, 5) is 33.0. The molecule has 1 aromatic carbocycles. The van der Waals surface area contributed by atoms with Crippen molar-refractivity contribution in [3.05, 3.63) is 24.0 Å². The summed E-state index contributed by atoms with van der Waals surface area (Å²) in [6.07, 6.45) is 6.43. The van der Waals surface area contributed by atoms with E-state index in [1.807, 2.05) is 18.2 Å². The number of aromatic amines is 1. The van der Waals surface area contributed by atoms with Crippen LogP contribution in [0.5, 0.6) is 0 Å². The van der Waals surface area contributed by atoms with Crippen molar-refractivity contribution in [1.29, 1.82) is 0 Å². The summed E-state index contributed by atoms with van der Waals surface area (Å²) in [7, 11) is 0. The van der Waals surface area contributed by atoms with Crippen molar-refractivity contribution in [2.24, 2.45) is 29.6 Å². The fraction of sp³-hybridized carbons (Fsp3) is 0.609. The fourth-order valence-electron chi connectivity index (χ4n) is 6.51. The van der Waals surface area contributed by atoms with Crippen molar-refractivity contribution in [3.63, 3.8) is 0 Å². The number of H-pyrrole nitrogens is 1. The van der Waals surface area contributed by atoms with Gasteiger partial charge >= 0.3 is 6.09 Å².